The first-order valence-corrected chi connectivity index (χ1v) is 11.3. The number of hydrogen-bond donors (Lipinski definition) is 3. The van der Waals surface area contributed by atoms with Gasteiger partial charge in [0.15, 0.2) is 18.8 Å². The van der Waals surface area contributed by atoms with E-state index in [1.807, 2.05) is 0 Å². The molecule has 1 atom stereocenters. The Kier molecular flexibility index (Phi) is 6.59. The number of rotatable bonds is 9. The third-order valence-corrected chi connectivity index (χ3v) is 6.75. The maximum absolute atomic E-state index is 13.4. The molecule has 0 heterocycles. The number of amides is 2. The number of benzene rings is 2. The number of aliphatic hydroxyl groups is 1. The first kappa shape index (κ1) is 26.0. The van der Waals surface area contributed by atoms with Crippen LogP contribution < -0.4 is 20.1 Å². The monoisotopic (exact) mass is 530 g/mol. The fraction of sp³-hybridized carbons (Fsp3) is 0.417. The fourth-order valence-electron chi connectivity index (χ4n) is 4.62. The zero-order valence-corrected chi connectivity index (χ0v) is 19.8. The van der Waals surface area contributed by atoms with E-state index in [1.54, 1.807) is 0 Å². The molecule has 0 saturated heterocycles. The molecule has 3 N–H and O–H groups in total. The minimum absolute atomic E-state index is 0.0495. The van der Waals surface area contributed by atoms with Gasteiger partial charge in [0.1, 0.15) is 17.3 Å². The smallest absolute Gasteiger partial charge is 0.421 e. The lowest BCUT2D eigenvalue weighted by Crippen LogP contribution is -2.84. The van der Waals surface area contributed by atoms with Crippen LogP contribution in [0.2, 0.25) is 5.02 Å². The van der Waals surface area contributed by atoms with Gasteiger partial charge >= 0.3 is 6.18 Å². The maximum atomic E-state index is 13.4. The first-order valence-electron chi connectivity index (χ1n) is 11.0. The van der Waals surface area contributed by atoms with Crippen molar-refractivity contribution in [3.05, 3.63) is 58.9 Å². The van der Waals surface area contributed by atoms with Crippen molar-refractivity contribution in [3.63, 3.8) is 0 Å². The molecule has 5 rings (SSSR count). The largest absolute Gasteiger partial charge is 0.484 e. The molecular weight excluding hydrogens is 508 g/mol. The van der Waals surface area contributed by atoms with Crippen LogP contribution in [0.4, 0.5) is 17.6 Å². The van der Waals surface area contributed by atoms with E-state index in [0.29, 0.717) is 26.2 Å². The minimum atomic E-state index is -4.84. The van der Waals surface area contributed by atoms with Gasteiger partial charge in [-0.3, -0.25) is 9.59 Å². The molecule has 3 aliphatic rings. The summed E-state index contributed by atoms with van der Waals surface area (Å²) in [6, 6.07) is 8.53. The van der Waals surface area contributed by atoms with Crippen molar-refractivity contribution in [2.75, 3.05) is 13.2 Å². The van der Waals surface area contributed by atoms with Gasteiger partial charge in [0.05, 0.1) is 5.02 Å². The summed E-state index contributed by atoms with van der Waals surface area (Å²) in [6.45, 7) is 0.0118. The summed E-state index contributed by atoms with van der Waals surface area (Å²) >= 11 is 5.61. The molecule has 2 amide bonds. The van der Waals surface area contributed by atoms with Gasteiger partial charge in [0.2, 0.25) is 0 Å². The third-order valence-electron chi connectivity index (χ3n) is 6.44. The summed E-state index contributed by atoms with van der Waals surface area (Å²) in [6.07, 6.45) is -3.23. The number of ether oxygens (including phenoxy) is 2. The van der Waals surface area contributed by atoms with Crippen molar-refractivity contribution in [1.82, 2.24) is 10.6 Å². The zero-order chi connectivity index (χ0) is 26.4. The predicted octanol–water partition coefficient (Wildman–Crippen LogP) is 3.61. The van der Waals surface area contributed by atoms with Gasteiger partial charge < -0.3 is 25.2 Å². The van der Waals surface area contributed by atoms with Gasteiger partial charge in [-0.2, -0.15) is 13.2 Å². The van der Waals surface area contributed by atoms with E-state index in [2.05, 4.69) is 10.6 Å². The van der Waals surface area contributed by atoms with Crippen LogP contribution in [0.15, 0.2) is 42.5 Å². The second-order valence-electron chi connectivity index (χ2n) is 9.43. The SMILES string of the molecule is CC(O)(c1ccc(OCC(=O)NC23CC(NC(=O)COc4ccc(Cl)c(F)c4)(C2)C3)cc1)C(F)(F)F. The fourth-order valence-corrected chi connectivity index (χ4v) is 4.74. The van der Waals surface area contributed by atoms with Crippen molar-refractivity contribution in [3.8, 4) is 11.5 Å². The van der Waals surface area contributed by atoms with Crippen molar-refractivity contribution in [2.45, 2.75) is 49.0 Å². The Morgan fingerprint density at radius 3 is 1.89 bits per heavy atom. The third kappa shape index (κ3) is 5.22. The zero-order valence-electron chi connectivity index (χ0n) is 19.0. The standard InChI is InChI=1S/C24H23ClF4N2O5/c1-21(34,24(27,28)29)14-2-4-15(5-3-14)35-9-19(32)30-22-11-23(12-22,13-22)31-20(33)10-36-16-6-7-17(25)18(26)8-16/h2-8,34H,9-13H2,1H3,(H,30,32)(H,31,33). The van der Waals surface area contributed by atoms with Crippen LogP contribution in [0.1, 0.15) is 31.7 Å². The molecule has 12 heteroatoms. The first-order chi connectivity index (χ1) is 16.7. The van der Waals surface area contributed by atoms with Crippen LogP contribution in [-0.2, 0) is 15.2 Å². The maximum Gasteiger partial charge on any atom is 0.421 e. The van der Waals surface area contributed by atoms with Gasteiger partial charge in [-0.05, 0) is 56.0 Å². The molecular formula is C24H23ClF4N2O5. The second kappa shape index (κ2) is 9.11. The van der Waals surface area contributed by atoms with Gasteiger partial charge in [-0.15, -0.1) is 0 Å². The summed E-state index contributed by atoms with van der Waals surface area (Å²) < 4.78 is 62.8. The Morgan fingerprint density at radius 2 is 1.42 bits per heavy atom. The van der Waals surface area contributed by atoms with Crippen molar-refractivity contribution < 1.29 is 41.7 Å². The average molecular weight is 531 g/mol. The molecule has 0 radical (unpaired) electrons. The van der Waals surface area contributed by atoms with E-state index >= 15 is 0 Å². The molecule has 0 aromatic heterocycles. The van der Waals surface area contributed by atoms with Crippen molar-refractivity contribution >= 4 is 23.4 Å². The summed E-state index contributed by atoms with van der Waals surface area (Å²) in [5.41, 5.74) is -4.22. The molecule has 3 fully saturated rings. The molecule has 1 unspecified atom stereocenters. The molecule has 0 aliphatic heterocycles. The molecule has 3 aliphatic carbocycles. The quantitative estimate of drug-likeness (QED) is 0.430. The van der Waals surface area contributed by atoms with Crippen LogP contribution in [0.3, 0.4) is 0 Å². The molecule has 7 nitrogen and oxygen atoms in total. The number of hydrogen-bond acceptors (Lipinski definition) is 5. The highest BCUT2D eigenvalue weighted by Gasteiger charge is 2.69. The van der Waals surface area contributed by atoms with Crippen molar-refractivity contribution in [1.29, 1.82) is 0 Å². The lowest BCUT2D eigenvalue weighted by molar-refractivity contribution is -0.258. The number of alkyl halides is 3. The molecule has 194 valence electrons. The highest BCUT2D eigenvalue weighted by molar-refractivity contribution is 6.30. The molecule has 2 bridgehead atoms. The molecule has 2 aromatic rings. The highest BCUT2D eigenvalue weighted by atomic mass is 35.5. The van der Waals surface area contributed by atoms with Crippen LogP contribution in [0, 0.1) is 5.82 Å². The Morgan fingerprint density at radius 1 is 0.944 bits per heavy atom. The molecule has 3 saturated carbocycles. The molecule has 2 aromatic carbocycles. The lowest BCUT2D eigenvalue weighted by Gasteiger charge is -2.70. The van der Waals surface area contributed by atoms with Crippen LogP contribution in [0.5, 0.6) is 11.5 Å². The van der Waals surface area contributed by atoms with Gasteiger partial charge in [0.25, 0.3) is 11.8 Å². The van der Waals surface area contributed by atoms with E-state index < -0.39 is 34.6 Å². The summed E-state index contributed by atoms with van der Waals surface area (Å²) in [7, 11) is 0. The van der Waals surface area contributed by atoms with E-state index in [1.165, 1.54) is 24.3 Å². The van der Waals surface area contributed by atoms with E-state index in [-0.39, 0.29) is 41.2 Å². The van der Waals surface area contributed by atoms with Gasteiger partial charge in [-0.25, -0.2) is 4.39 Å². The number of carbonyl (C=O) groups is 2. The van der Waals surface area contributed by atoms with Crippen molar-refractivity contribution in [2.24, 2.45) is 0 Å². The van der Waals surface area contributed by atoms with E-state index in [0.717, 1.165) is 18.2 Å². The Bertz CT molecular complexity index is 1150. The van der Waals surface area contributed by atoms with Gasteiger partial charge in [-0.1, -0.05) is 23.7 Å². The number of carbonyl (C=O) groups excluding carboxylic acids is 2. The van der Waals surface area contributed by atoms with Crippen LogP contribution >= 0.6 is 11.6 Å². The van der Waals surface area contributed by atoms with Gasteiger partial charge in [0, 0.05) is 17.1 Å². The topological polar surface area (TPSA) is 96.9 Å². The Hall–Kier alpha value is -3.05. The summed E-state index contributed by atoms with van der Waals surface area (Å²) in [5, 5.41) is 15.4. The molecule has 36 heavy (non-hydrogen) atoms. The molecule has 0 spiro atoms. The second-order valence-corrected chi connectivity index (χ2v) is 9.84. The van der Waals surface area contributed by atoms with Crippen LogP contribution in [-0.4, -0.2) is 47.4 Å². The average Bonchev–Trinajstić information content (AvgIpc) is 2.75. The minimum Gasteiger partial charge on any atom is -0.484 e. The number of halogens is 5. The normalized spacial score (nSPS) is 24.0. The Balaban J connectivity index is 1.18. The Labute approximate surface area is 208 Å². The van der Waals surface area contributed by atoms with E-state index in [9.17, 15) is 32.3 Å². The highest BCUT2D eigenvalue weighted by Crippen LogP contribution is 2.60. The summed E-state index contributed by atoms with van der Waals surface area (Å²) in [4.78, 5) is 24.5. The summed E-state index contributed by atoms with van der Waals surface area (Å²) in [5.74, 6) is -1.08. The van der Waals surface area contributed by atoms with E-state index in [4.69, 9.17) is 21.1 Å². The number of nitrogens with one attached hydrogen (secondary N) is 2. The predicted molar refractivity (Wildman–Crippen MR) is 120 cm³/mol. The lowest BCUT2D eigenvalue weighted by atomic mass is 9.44. The van der Waals surface area contributed by atoms with Crippen LogP contribution in [0.25, 0.3) is 0 Å².